The molecule has 0 radical (unpaired) electrons. The lowest BCUT2D eigenvalue weighted by Crippen LogP contribution is -2.32. The standard InChI is InChI=1S/C20H13BO3/c1-2-8-16(9-3-1)14-15-17-10-4-5-11-18(17)22-21-23-19-12-6-7-13-20(19)24-21/h1-13H. The predicted molar refractivity (Wildman–Crippen MR) is 92.9 cm³/mol. The molecule has 1 heterocycles. The molecule has 0 N–H and O–H groups in total. The van der Waals surface area contributed by atoms with Crippen LogP contribution in [0, 0.1) is 11.8 Å². The van der Waals surface area contributed by atoms with Gasteiger partial charge in [-0.3, -0.25) is 0 Å². The minimum atomic E-state index is -0.804. The van der Waals surface area contributed by atoms with Crippen molar-refractivity contribution in [2.75, 3.05) is 0 Å². The van der Waals surface area contributed by atoms with Crippen LogP contribution in [0.5, 0.6) is 17.2 Å². The second kappa shape index (κ2) is 6.43. The Bertz CT molecular complexity index is 888. The molecule has 4 rings (SSSR count). The number of hydrogen-bond acceptors (Lipinski definition) is 3. The van der Waals surface area contributed by atoms with Crippen LogP contribution in [0.4, 0.5) is 0 Å². The highest BCUT2D eigenvalue weighted by Crippen LogP contribution is 2.33. The van der Waals surface area contributed by atoms with Gasteiger partial charge in [-0.05, 0) is 36.4 Å². The van der Waals surface area contributed by atoms with E-state index in [1.165, 1.54) is 0 Å². The molecule has 0 amide bonds. The molecule has 1 aliphatic rings. The van der Waals surface area contributed by atoms with Gasteiger partial charge in [0.15, 0.2) is 0 Å². The van der Waals surface area contributed by atoms with Crippen molar-refractivity contribution in [3.8, 4) is 29.1 Å². The Morgan fingerprint density at radius 2 is 1.29 bits per heavy atom. The number of fused-ring (bicyclic) bond motifs is 1. The van der Waals surface area contributed by atoms with Crippen LogP contribution < -0.4 is 14.0 Å². The van der Waals surface area contributed by atoms with E-state index in [-0.39, 0.29) is 0 Å². The molecule has 0 atom stereocenters. The van der Waals surface area contributed by atoms with E-state index in [1.54, 1.807) is 0 Å². The van der Waals surface area contributed by atoms with Gasteiger partial charge in [-0.2, -0.15) is 0 Å². The SMILES string of the molecule is C(#Cc1ccccc1OB1Oc2ccccc2O1)c1ccccc1. The van der Waals surface area contributed by atoms with Gasteiger partial charge in [0, 0.05) is 5.56 Å². The van der Waals surface area contributed by atoms with E-state index in [9.17, 15) is 0 Å². The molecular weight excluding hydrogens is 299 g/mol. The molecule has 3 aromatic carbocycles. The molecule has 0 unspecified atom stereocenters. The zero-order valence-electron chi connectivity index (χ0n) is 12.8. The van der Waals surface area contributed by atoms with Gasteiger partial charge in [-0.25, -0.2) is 0 Å². The fourth-order valence-corrected chi connectivity index (χ4v) is 2.36. The van der Waals surface area contributed by atoms with Crippen LogP contribution in [-0.4, -0.2) is 7.32 Å². The summed E-state index contributed by atoms with van der Waals surface area (Å²) in [4.78, 5) is 0. The molecule has 0 spiro atoms. The van der Waals surface area contributed by atoms with Crippen LogP contribution in [0.2, 0.25) is 0 Å². The van der Waals surface area contributed by atoms with Crippen molar-refractivity contribution in [1.82, 2.24) is 0 Å². The van der Waals surface area contributed by atoms with E-state index in [0.717, 1.165) is 11.1 Å². The predicted octanol–water partition coefficient (Wildman–Crippen LogP) is 3.92. The maximum absolute atomic E-state index is 5.83. The summed E-state index contributed by atoms with van der Waals surface area (Å²) in [5, 5.41) is 0. The van der Waals surface area contributed by atoms with Gasteiger partial charge in [0.25, 0.3) is 0 Å². The molecule has 4 heteroatoms. The van der Waals surface area contributed by atoms with Crippen LogP contribution in [-0.2, 0) is 0 Å². The average Bonchev–Trinajstić information content (AvgIpc) is 3.04. The highest BCUT2D eigenvalue weighted by Gasteiger charge is 2.37. The van der Waals surface area contributed by atoms with E-state index >= 15 is 0 Å². The zero-order chi connectivity index (χ0) is 16.2. The fourth-order valence-electron chi connectivity index (χ4n) is 2.36. The fraction of sp³-hybridized carbons (Fsp3) is 0. The molecule has 0 fully saturated rings. The monoisotopic (exact) mass is 312 g/mol. The molecule has 3 aromatic rings. The molecule has 114 valence electrons. The van der Waals surface area contributed by atoms with Gasteiger partial charge in [0.2, 0.25) is 0 Å². The Hall–Kier alpha value is -3.32. The maximum atomic E-state index is 5.83. The van der Waals surface area contributed by atoms with E-state index in [0.29, 0.717) is 17.2 Å². The molecule has 24 heavy (non-hydrogen) atoms. The van der Waals surface area contributed by atoms with E-state index in [1.807, 2.05) is 78.9 Å². The van der Waals surface area contributed by atoms with Crippen molar-refractivity contribution in [2.24, 2.45) is 0 Å². The van der Waals surface area contributed by atoms with Crippen LogP contribution in [0.25, 0.3) is 0 Å². The van der Waals surface area contributed by atoms with Crippen LogP contribution in [0.15, 0.2) is 78.9 Å². The minimum absolute atomic E-state index is 0.624. The Labute approximate surface area is 141 Å². The summed E-state index contributed by atoms with van der Waals surface area (Å²) < 4.78 is 17.1. The Morgan fingerprint density at radius 3 is 2.04 bits per heavy atom. The second-order valence-corrected chi connectivity index (χ2v) is 5.20. The first-order valence-corrected chi connectivity index (χ1v) is 7.63. The largest absolute Gasteiger partial charge is 0.864 e. The summed E-state index contributed by atoms with van der Waals surface area (Å²) >= 11 is 0. The van der Waals surface area contributed by atoms with E-state index in [2.05, 4.69) is 11.8 Å². The van der Waals surface area contributed by atoms with Crippen molar-refractivity contribution in [2.45, 2.75) is 0 Å². The number of benzene rings is 3. The lowest BCUT2D eigenvalue weighted by atomic mass is 10.1. The van der Waals surface area contributed by atoms with Crippen LogP contribution in [0.1, 0.15) is 11.1 Å². The molecule has 0 aromatic heterocycles. The van der Waals surface area contributed by atoms with Crippen molar-refractivity contribution in [3.05, 3.63) is 90.0 Å². The molecule has 0 bridgehead atoms. The van der Waals surface area contributed by atoms with Crippen molar-refractivity contribution in [3.63, 3.8) is 0 Å². The Kier molecular flexibility index (Phi) is 3.83. The molecule has 0 saturated heterocycles. The summed E-state index contributed by atoms with van der Waals surface area (Å²) in [6.07, 6.45) is 0. The average molecular weight is 312 g/mol. The summed E-state index contributed by atoms with van der Waals surface area (Å²) in [5.74, 6) is 8.25. The normalized spacial score (nSPS) is 11.6. The van der Waals surface area contributed by atoms with Gasteiger partial charge in [0.1, 0.15) is 17.2 Å². The third-order valence-corrected chi connectivity index (χ3v) is 3.52. The molecular formula is C20H13BO3. The zero-order valence-corrected chi connectivity index (χ0v) is 12.8. The molecule has 0 saturated carbocycles. The minimum Gasteiger partial charge on any atom is -0.488 e. The summed E-state index contributed by atoms with van der Waals surface area (Å²) in [5.41, 5.74) is 1.73. The third-order valence-electron chi connectivity index (χ3n) is 3.52. The molecule has 0 aliphatic carbocycles. The van der Waals surface area contributed by atoms with E-state index in [4.69, 9.17) is 14.0 Å². The quantitative estimate of drug-likeness (QED) is 0.530. The third kappa shape index (κ3) is 3.06. The van der Waals surface area contributed by atoms with Gasteiger partial charge in [-0.1, -0.05) is 54.3 Å². The number of hydrogen-bond donors (Lipinski definition) is 0. The topological polar surface area (TPSA) is 27.7 Å². The van der Waals surface area contributed by atoms with Gasteiger partial charge in [-0.15, -0.1) is 0 Å². The van der Waals surface area contributed by atoms with Crippen molar-refractivity contribution >= 4 is 7.32 Å². The summed E-state index contributed by atoms with van der Waals surface area (Å²) in [7, 11) is -0.804. The highest BCUT2D eigenvalue weighted by molar-refractivity contribution is 6.41. The number of para-hydroxylation sites is 3. The Morgan fingerprint density at radius 1 is 0.667 bits per heavy atom. The molecule has 1 aliphatic heterocycles. The van der Waals surface area contributed by atoms with Gasteiger partial charge >= 0.3 is 7.32 Å². The first kappa shape index (κ1) is 14.3. The highest BCUT2D eigenvalue weighted by atomic mass is 16.8. The summed E-state index contributed by atoms with van der Waals surface area (Å²) in [6.45, 7) is 0. The van der Waals surface area contributed by atoms with E-state index < -0.39 is 7.32 Å². The smallest absolute Gasteiger partial charge is 0.488 e. The maximum Gasteiger partial charge on any atom is 0.864 e. The number of rotatable bonds is 2. The van der Waals surface area contributed by atoms with Crippen molar-refractivity contribution in [1.29, 1.82) is 0 Å². The Balaban J connectivity index is 1.54. The first-order chi connectivity index (χ1) is 11.9. The summed E-state index contributed by atoms with van der Waals surface area (Å²) in [6, 6.07) is 24.9. The first-order valence-electron chi connectivity index (χ1n) is 7.63. The van der Waals surface area contributed by atoms with Gasteiger partial charge < -0.3 is 14.0 Å². The van der Waals surface area contributed by atoms with Crippen LogP contribution >= 0.6 is 0 Å². The lowest BCUT2D eigenvalue weighted by Gasteiger charge is -2.09. The van der Waals surface area contributed by atoms with Crippen molar-refractivity contribution < 1.29 is 14.0 Å². The lowest BCUT2D eigenvalue weighted by molar-refractivity contribution is 0.351. The van der Waals surface area contributed by atoms with Crippen LogP contribution in [0.3, 0.4) is 0 Å². The van der Waals surface area contributed by atoms with Gasteiger partial charge in [0.05, 0.1) is 5.56 Å². The second-order valence-electron chi connectivity index (χ2n) is 5.20. The molecule has 3 nitrogen and oxygen atoms in total.